The van der Waals surface area contributed by atoms with E-state index in [0.717, 1.165) is 55.9 Å². The summed E-state index contributed by atoms with van der Waals surface area (Å²) >= 11 is 0. The summed E-state index contributed by atoms with van der Waals surface area (Å²) in [7, 11) is 0. The maximum Gasteiger partial charge on any atom is 0.225 e. The lowest BCUT2D eigenvalue weighted by atomic mass is 10.2. The first-order valence-electron chi connectivity index (χ1n) is 9.13. The fraction of sp³-hybridized carbons (Fsp3) is 0.350. The number of hydrogen-bond acceptors (Lipinski definition) is 7. The number of aromatic nitrogens is 3. The molecule has 0 radical (unpaired) electrons. The minimum absolute atomic E-state index is 0.641. The summed E-state index contributed by atoms with van der Waals surface area (Å²) in [4.78, 5) is 13.6. The molecule has 0 aliphatic carbocycles. The van der Waals surface area contributed by atoms with Crippen molar-refractivity contribution in [2.75, 3.05) is 31.1 Å². The Hall–Kier alpha value is -2.93. The number of rotatable bonds is 5. The zero-order chi connectivity index (χ0) is 18.6. The van der Waals surface area contributed by atoms with Crippen LogP contribution in [-0.2, 0) is 6.54 Å². The third kappa shape index (κ3) is 4.09. The van der Waals surface area contributed by atoms with Gasteiger partial charge in [-0.25, -0.2) is 9.97 Å². The van der Waals surface area contributed by atoms with Crippen molar-refractivity contribution in [1.29, 1.82) is 0 Å². The maximum atomic E-state index is 5.75. The van der Waals surface area contributed by atoms with Crippen LogP contribution in [0.4, 0.5) is 5.95 Å². The molecule has 27 heavy (non-hydrogen) atoms. The van der Waals surface area contributed by atoms with Gasteiger partial charge >= 0.3 is 0 Å². The van der Waals surface area contributed by atoms with Gasteiger partial charge in [0.25, 0.3) is 0 Å². The summed E-state index contributed by atoms with van der Waals surface area (Å²) in [5.41, 5.74) is 2.18. The Bertz CT molecular complexity index is 852. The Morgan fingerprint density at radius 1 is 0.963 bits per heavy atom. The zero-order valence-electron chi connectivity index (χ0n) is 15.6. The molecule has 0 amide bonds. The molecule has 0 saturated carbocycles. The van der Waals surface area contributed by atoms with Crippen molar-refractivity contribution in [2.24, 2.45) is 0 Å². The number of hydrogen-bond donors (Lipinski definition) is 0. The van der Waals surface area contributed by atoms with Crippen molar-refractivity contribution in [2.45, 2.75) is 20.4 Å². The highest BCUT2D eigenvalue weighted by Crippen LogP contribution is 2.21. The van der Waals surface area contributed by atoms with Gasteiger partial charge in [-0.3, -0.25) is 4.90 Å². The Morgan fingerprint density at radius 3 is 2.30 bits per heavy atom. The maximum absolute atomic E-state index is 5.75. The van der Waals surface area contributed by atoms with E-state index >= 15 is 0 Å². The molecular weight excluding hydrogens is 342 g/mol. The molecule has 7 nitrogen and oxygen atoms in total. The molecule has 1 fully saturated rings. The SMILES string of the molecule is Cc1noc(C)c1CN1CCN(c2ncc(Oc3ccccc3)cn2)CC1. The molecule has 3 heterocycles. The molecule has 3 aromatic rings. The smallest absolute Gasteiger partial charge is 0.225 e. The average Bonchev–Trinajstić information content (AvgIpc) is 3.02. The molecule has 1 saturated heterocycles. The molecule has 0 spiro atoms. The predicted molar refractivity (Wildman–Crippen MR) is 102 cm³/mol. The third-order valence-corrected chi connectivity index (χ3v) is 4.81. The lowest BCUT2D eigenvalue weighted by molar-refractivity contribution is 0.246. The van der Waals surface area contributed by atoms with Crippen molar-refractivity contribution >= 4 is 5.95 Å². The van der Waals surface area contributed by atoms with E-state index in [9.17, 15) is 0 Å². The zero-order valence-corrected chi connectivity index (χ0v) is 15.6. The van der Waals surface area contributed by atoms with Crippen molar-refractivity contribution < 1.29 is 9.26 Å². The van der Waals surface area contributed by atoms with E-state index in [-0.39, 0.29) is 0 Å². The second-order valence-corrected chi connectivity index (χ2v) is 6.70. The second-order valence-electron chi connectivity index (χ2n) is 6.70. The number of piperazine rings is 1. The summed E-state index contributed by atoms with van der Waals surface area (Å²) in [6.45, 7) is 8.53. The normalized spacial score (nSPS) is 15.1. The molecule has 0 bridgehead atoms. The van der Waals surface area contributed by atoms with Crippen molar-refractivity contribution in [3.63, 3.8) is 0 Å². The van der Waals surface area contributed by atoms with Gasteiger partial charge in [0.15, 0.2) is 5.75 Å². The Labute approximate surface area is 158 Å². The molecule has 1 aliphatic rings. The molecule has 0 unspecified atom stereocenters. The van der Waals surface area contributed by atoms with Crippen LogP contribution in [0.2, 0.25) is 0 Å². The van der Waals surface area contributed by atoms with Gasteiger partial charge in [0.05, 0.1) is 18.1 Å². The van der Waals surface area contributed by atoms with Gasteiger partial charge in [-0.05, 0) is 26.0 Å². The summed E-state index contributed by atoms with van der Waals surface area (Å²) in [6.07, 6.45) is 3.46. The number of aryl methyl sites for hydroxylation is 2. The third-order valence-electron chi connectivity index (χ3n) is 4.81. The van der Waals surface area contributed by atoms with Crippen LogP contribution in [0.15, 0.2) is 47.2 Å². The van der Waals surface area contributed by atoms with E-state index in [1.54, 1.807) is 12.4 Å². The Kier molecular flexibility index (Phi) is 5.02. The van der Waals surface area contributed by atoms with Crippen molar-refractivity contribution in [3.8, 4) is 11.5 Å². The van der Waals surface area contributed by atoms with Gasteiger partial charge < -0.3 is 14.2 Å². The first-order chi connectivity index (χ1) is 13.2. The lowest BCUT2D eigenvalue weighted by Gasteiger charge is -2.34. The molecule has 4 rings (SSSR count). The molecule has 1 aliphatic heterocycles. The second kappa shape index (κ2) is 7.75. The van der Waals surface area contributed by atoms with E-state index in [0.29, 0.717) is 5.75 Å². The van der Waals surface area contributed by atoms with Crippen LogP contribution in [0, 0.1) is 13.8 Å². The monoisotopic (exact) mass is 365 g/mol. The van der Waals surface area contributed by atoms with E-state index in [1.807, 2.05) is 44.2 Å². The number of anilines is 1. The quantitative estimate of drug-likeness (QED) is 0.688. The van der Waals surface area contributed by atoms with E-state index in [1.165, 1.54) is 5.56 Å². The number of benzene rings is 1. The highest BCUT2D eigenvalue weighted by molar-refractivity contribution is 5.34. The fourth-order valence-corrected chi connectivity index (χ4v) is 3.21. The summed E-state index contributed by atoms with van der Waals surface area (Å²) in [6, 6.07) is 9.65. The highest BCUT2D eigenvalue weighted by Gasteiger charge is 2.21. The van der Waals surface area contributed by atoms with Gasteiger partial charge in [0.2, 0.25) is 5.95 Å². The van der Waals surface area contributed by atoms with Crippen LogP contribution < -0.4 is 9.64 Å². The minimum Gasteiger partial charge on any atom is -0.454 e. The Morgan fingerprint density at radius 2 is 1.67 bits per heavy atom. The number of para-hydroxylation sites is 1. The first-order valence-corrected chi connectivity index (χ1v) is 9.13. The summed E-state index contributed by atoms with van der Waals surface area (Å²) in [5, 5.41) is 4.04. The van der Waals surface area contributed by atoms with Gasteiger partial charge in [0.1, 0.15) is 11.5 Å². The molecule has 0 N–H and O–H groups in total. The summed E-state index contributed by atoms with van der Waals surface area (Å²) < 4.78 is 11.0. The van der Waals surface area contributed by atoms with Crippen molar-refractivity contribution in [1.82, 2.24) is 20.0 Å². The van der Waals surface area contributed by atoms with Crippen LogP contribution in [0.3, 0.4) is 0 Å². The van der Waals surface area contributed by atoms with Crippen LogP contribution in [0.5, 0.6) is 11.5 Å². The average molecular weight is 365 g/mol. The highest BCUT2D eigenvalue weighted by atomic mass is 16.5. The molecule has 140 valence electrons. The molecule has 0 atom stereocenters. The van der Waals surface area contributed by atoms with Crippen molar-refractivity contribution in [3.05, 3.63) is 59.7 Å². The van der Waals surface area contributed by atoms with Gasteiger partial charge in [0, 0.05) is 38.3 Å². The number of nitrogens with zero attached hydrogens (tertiary/aromatic N) is 5. The first kappa shape index (κ1) is 17.5. The van der Waals surface area contributed by atoms with E-state index < -0.39 is 0 Å². The van der Waals surface area contributed by atoms with E-state index in [2.05, 4.69) is 24.9 Å². The van der Waals surface area contributed by atoms with Gasteiger partial charge in [-0.1, -0.05) is 23.4 Å². The van der Waals surface area contributed by atoms with Gasteiger partial charge in [-0.15, -0.1) is 0 Å². The number of ether oxygens (including phenoxy) is 1. The van der Waals surface area contributed by atoms with Crippen LogP contribution in [0.1, 0.15) is 17.0 Å². The topological polar surface area (TPSA) is 67.5 Å². The van der Waals surface area contributed by atoms with Gasteiger partial charge in [-0.2, -0.15) is 0 Å². The molecular formula is C20H23N5O2. The lowest BCUT2D eigenvalue weighted by Crippen LogP contribution is -2.46. The fourth-order valence-electron chi connectivity index (χ4n) is 3.21. The van der Waals surface area contributed by atoms with E-state index in [4.69, 9.17) is 9.26 Å². The van der Waals surface area contributed by atoms with Crippen LogP contribution in [0.25, 0.3) is 0 Å². The van der Waals surface area contributed by atoms with Crippen LogP contribution >= 0.6 is 0 Å². The Balaban J connectivity index is 1.33. The molecule has 7 heteroatoms. The van der Waals surface area contributed by atoms with Crippen LogP contribution in [-0.4, -0.2) is 46.2 Å². The predicted octanol–water partition coefficient (Wildman–Crippen LogP) is 3.20. The molecule has 2 aromatic heterocycles. The minimum atomic E-state index is 0.641. The summed E-state index contributed by atoms with van der Waals surface area (Å²) in [5.74, 6) is 3.07. The molecule has 1 aromatic carbocycles. The standard InChI is InChI=1S/C20H23N5O2/c1-15-19(16(2)27-23-15)14-24-8-10-25(11-9-24)20-21-12-18(13-22-20)26-17-6-4-3-5-7-17/h3-7,12-13H,8-11,14H2,1-2H3. The largest absolute Gasteiger partial charge is 0.454 e.